The number of carbonyl (C=O) groups is 1. The number of hydrogen-bond donors (Lipinski definition) is 1. The van der Waals surface area contributed by atoms with Gasteiger partial charge in [-0.2, -0.15) is 13.2 Å². The molecule has 0 bridgehead atoms. The van der Waals surface area contributed by atoms with Crippen molar-refractivity contribution in [2.45, 2.75) is 6.18 Å². The standard InChI is InChI=1S/C15H12F3N3O2/c16-15(17,18)11-23-19-10-12-4-6-13(7-5-12)14(22)20-21-8-2-1-3-9-21/h1-10H,11H2/p+1/b19-10+. The zero-order valence-corrected chi connectivity index (χ0v) is 11.8. The van der Waals surface area contributed by atoms with Crippen LogP contribution in [0.1, 0.15) is 15.9 Å². The lowest BCUT2D eigenvalue weighted by atomic mass is 10.1. The van der Waals surface area contributed by atoms with E-state index in [2.05, 4.69) is 15.4 Å². The number of pyridine rings is 1. The Hall–Kier alpha value is -2.90. The van der Waals surface area contributed by atoms with E-state index < -0.39 is 12.8 Å². The lowest BCUT2D eigenvalue weighted by molar-refractivity contribution is -0.641. The van der Waals surface area contributed by atoms with Gasteiger partial charge in [0.15, 0.2) is 12.4 Å². The molecule has 0 saturated carbocycles. The number of alkyl halides is 3. The maximum absolute atomic E-state index is 12.0. The molecule has 1 amide bonds. The normalized spacial score (nSPS) is 11.4. The Labute approximate surface area is 130 Å². The maximum atomic E-state index is 12.0. The van der Waals surface area contributed by atoms with Gasteiger partial charge in [0.25, 0.3) is 0 Å². The number of carbonyl (C=O) groups excluding carboxylic acids is 1. The van der Waals surface area contributed by atoms with Crippen LogP contribution in [0, 0.1) is 0 Å². The van der Waals surface area contributed by atoms with Gasteiger partial charge in [0.1, 0.15) is 0 Å². The number of nitrogens with one attached hydrogen (secondary N) is 1. The molecule has 1 N–H and O–H groups in total. The first-order chi connectivity index (χ1) is 10.9. The van der Waals surface area contributed by atoms with Gasteiger partial charge < -0.3 is 4.84 Å². The monoisotopic (exact) mass is 324 g/mol. The Bertz CT molecular complexity index is 671. The predicted molar refractivity (Wildman–Crippen MR) is 76.4 cm³/mol. The average molecular weight is 324 g/mol. The van der Waals surface area contributed by atoms with Crippen molar-refractivity contribution in [1.82, 2.24) is 0 Å². The van der Waals surface area contributed by atoms with Crippen molar-refractivity contribution in [1.29, 1.82) is 0 Å². The van der Waals surface area contributed by atoms with E-state index in [1.54, 1.807) is 36.7 Å². The largest absolute Gasteiger partial charge is 0.425 e. The van der Waals surface area contributed by atoms with Gasteiger partial charge in [-0.3, -0.25) is 4.79 Å². The zero-order valence-electron chi connectivity index (χ0n) is 11.8. The minimum absolute atomic E-state index is 0.321. The Morgan fingerprint density at radius 2 is 1.83 bits per heavy atom. The highest BCUT2D eigenvalue weighted by atomic mass is 19.4. The summed E-state index contributed by atoms with van der Waals surface area (Å²) in [6, 6.07) is 11.5. The van der Waals surface area contributed by atoms with E-state index in [1.165, 1.54) is 16.8 Å². The average Bonchev–Trinajstić information content (AvgIpc) is 2.52. The summed E-state index contributed by atoms with van der Waals surface area (Å²) in [5.74, 6) is -0.321. The molecule has 120 valence electrons. The van der Waals surface area contributed by atoms with Crippen LogP contribution in [0.15, 0.2) is 60.0 Å². The van der Waals surface area contributed by atoms with Crippen molar-refractivity contribution in [2.24, 2.45) is 5.16 Å². The third-order valence-electron chi connectivity index (χ3n) is 2.62. The van der Waals surface area contributed by atoms with Gasteiger partial charge in [-0.25, -0.2) is 0 Å². The third-order valence-corrected chi connectivity index (χ3v) is 2.62. The Kier molecular flexibility index (Phi) is 5.29. The second-order valence-electron chi connectivity index (χ2n) is 4.47. The summed E-state index contributed by atoms with van der Waals surface area (Å²) < 4.78 is 37.1. The van der Waals surface area contributed by atoms with Gasteiger partial charge in [-0.1, -0.05) is 28.0 Å². The number of aromatic nitrogens is 1. The van der Waals surface area contributed by atoms with Crippen molar-refractivity contribution in [3.63, 3.8) is 0 Å². The van der Waals surface area contributed by atoms with Crippen LogP contribution in [0.25, 0.3) is 0 Å². The number of rotatable bonds is 5. The molecule has 8 heteroatoms. The molecule has 0 spiro atoms. The van der Waals surface area contributed by atoms with Gasteiger partial charge in [0, 0.05) is 17.7 Å². The van der Waals surface area contributed by atoms with Crippen LogP contribution in [0.4, 0.5) is 13.2 Å². The van der Waals surface area contributed by atoms with Crippen molar-refractivity contribution < 1.29 is 27.5 Å². The molecule has 0 saturated heterocycles. The summed E-state index contributed by atoms with van der Waals surface area (Å²) in [4.78, 5) is 16.1. The molecule has 0 aliphatic rings. The molecule has 1 aromatic heterocycles. The SMILES string of the molecule is O=C(N[n+]1ccccc1)c1ccc(/C=N/OCC(F)(F)F)cc1. The first kappa shape index (κ1) is 16.5. The first-order valence-electron chi connectivity index (χ1n) is 6.54. The second kappa shape index (κ2) is 7.39. The quantitative estimate of drug-likeness (QED) is 0.521. The second-order valence-corrected chi connectivity index (χ2v) is 4.47. The van der Waals surface area contributed by atoms with Crippen LogP contribution in [-0.4, -0.2) is 24.9 Å². The van der Waals surface area contributed by atoms with E-state index in [9.17, 15) is 18.0 Å². The van der Waals surface area contributed by atoms with Crippen molar-refractivity contribution in [3.8, 4) is 0 Å². The molecule has 1 heterocycles. The van der Waals surface area contributed by atoms with E-state index in [4.69, 9.17) is 0 Å². The van der Waals surface area contributed by atoms with Crippen molar-refractivity contribution in [2.75, 3.05) is 12.0 Å². The highest BCUT2D eigenvalue weighted by Gasteiger charge is 2.28. The van der Waals surface area contributed by atoms with Gasteiger partial charge in [0.05, 0.1) is 6.21 Å². The first-order valence-corrected chi connectivity index (χ1v) is 6.54. The molecule has 1 aromatic carbocycles. The van der Waals surface area contributed by atoms with Crippen LogP contribution in [0.5, 0.6) is 0 Å². The summed E-state index contributed by atoms with van der Waals surface area (Å²) in [7, 11) is 0. The fourth-order valence-corrected chi connectivity index (χ4v) is 1.58. The molecule has 0 atom stereocenters. The molecule has 0 fully saturated rings. The van der Waals surface area contributed by atoms with Gasteiger partial charge >= 0.3 is 12.1 Å². The number of halogens is 3. The molecule has 0 radical (unpaired) electrons. The summed E-state index contributed by atoms with van der Waals surface area (Å²) in [6.07, 6.45) is 0.0710. The van der Waals surface area contributed by atoms with Crippen LogP contribution >= 0.6 is 0 Å². The van der Waals surface area contributed by atoms with E-state index in [-0.39, 0.29) is 5.91 Å². The maximum Gasteiger partial charge on any atom is 0.425 e. The molecule has 0 aliphatic carbocycles. The smallest absolute Gasteiger partial charge is 0.386 e. The number of benzene rings is 1. The molecule has 0 aliphatic heterocycles. The number of oxime groups is 1. The van der Waals surface area contributed by atoms with E-state index in [0.29, 0.717) is 11.1 Å². The topological polar surface area (TPSA) is 54.6 Å². The van der Waals surface area contributed by atoms with E-state index >= 15 is 0 Å². The summed E-state index contributed by atoms with van der Waals surface area (Å²) in [5, 5.41) is 3.22. The number of amides is 1. The van der Waals surface area contributed by atoms with E-state index in [0.717, 1.165) is 6.21 Å². The fraction of sp³-hybridized carbons (Fsp3) is 0.133. The lowest BCUT2D eigenvalue weighted by Crippen LogP contribution is -2.47. The minimum Gasteiger partial charge on any atom is -0.386 e. The Balaban J connectivity index is 1.91. The van der Waals surface area contributed by atoms with Crippen LogP contribution in [-0.2, 0) is 4.84 Å². The minimum atomic E-state index is -4.42. The number of hydrogen-bond acceptors (Lipinski definition) is 3. The molecule has 2 aromatic rings. The molecule has 5 nitrogen and oxygen atoms in total. The summed E-state index contributed by atoms with van der Waals surface area (Å²) >= 11 is 0. The fourth-order valence-electron chi connectivity index (χ4n) is 1.58. The number of nitrogens with zero attached hydrogens (tertiary/aromatic N) is 2. The summed E-state index contributed by atoms with van der Waals surface area (Å²) in [6.45, 7) is -1.45. The lowest BCUT2D eigenvalue weighted by Gasteiger charge is -2.03. The molecule has 0 unspecified atom stereocenters. The predicted octanol–water partition coefficient (Wildman–Crippen LogP) is 2.27. The molecular formula is C15H13F3N3O2+. The van der Waals surface area contributed by atoms with Crippen molar-refractivity contribution in [3.05, 3.63) is 66.0 Å². The molecule has 23 heavy (non-hydrogen) atoms. The van der Waals surface area contributed by atoms with Crippen LogP contribution in [0.2, 0.25) is 0 Å². The molecule has 2 rings (SSSR count). The van der Waals surface area contributed by atoms with Gasteiger partial charge in [-0.05, 0) is 17.7 Å². The van der Waals surface area contributed by atoms with Gasteiger partial charge in [-0.15, -0.1) is 5.43 Å². The highest BCUT2D eigenvalue weighted by Crippen LogP contribution is 2.14. The molecular weight excluding hydrogens is 311 g/mol. The van der Waals surface area contributed by atoms with E-state index in [1.807, 2.05) is 6.07 Å². The third kappa shape index (κ3) is 5.77. The van der Waals surface area contributed by atoms with Crippen molar-refractivity contribution >= 4 is 12.1 Å². The van der Waals surface area contributed by atoms with Crippen LogP contribution < -0.4 is 10.1 Å². The highest BCUT2D eigenvalue weighted by molar-refractivity contribution is 5.99. The Morgan fingerprint density at radius 1 is 1.17 bits per heavy atom. The van der Waals surface area contributed by atoms with Crippen LogP contribution in [0.3, 0.4) is 0 Å². The Morgan fingerprint density at radius 3 is 2.43 bits per heavy atom. The zero-order chi connectivity index (χ0) is 16.7. The summed E-state index contributed by atoms with van der Waals surface area (Å²) in [5.41, 5.74) is 3.55. The van der Waals surface area contributed by atoms with Gasteiger partial charge in [0.2, 0.25) is 6.61 Å².